The standard InChI is InChI=1S/C32H22N4.CH3.Cu/c1-3-13-23(14-4-1)35-29-21-11-9-19-27(29)33-31(35)25-17-7-8-18-26(25)32-34-28-20-10-12-22-30(28)36(32)24-15-5-2-6-16-24;;/h1-22H;1H3;/q;-1;+1. The van der Waals surface area contributed by atoms with E-state index in [0.717, 1.165) is 56.2 Å². The van der Waals surface area contributed by atoms with Crippen LogP contribution in [0, 0.1) is 7.43 Å². The summed E-state index contributed by atoms with van der Waals surface area (Å²) in [5.41, 5.74) is 8.29. The van der Waals surface area contributed by atoms with Crippen LogP contribution in [0.1, 0.15) is 0 Å². The van der Waals surface area contributed by atoms with Gasteiger partial charge in [0.1, 0.15) is 11.6 Å². The molecule has 0 aliphatic rings. The van der Waals surface area contributed by atoms with Gasteiger partial charge in [-0.25, -0.2) is 9.97 Å². The third kappa shape index (κ3) is 4.12. The predicted molar refractivity (Wildman–Crippen MR) is 153 cm³/mol. The molecule has 0 radical (unpaired) electrons. The van der Waals surface area contributed by atoms with Crippen molar-refractivity contribution in [1.29, 1.82) is 0 Å². The van der Waals surface area contributed by atoms with Gasteiger partial charge in [0.05, 0.1) is 22.1 Å². The fraction of sp³-hybridized carbons (Fsp3) is 0. The summed E-state index contributed by atoms with van der Waals surface area (Å²) in [5.74, 6) is 1.79. The van der Waals surface area contributed by atoms with Crippen LogP contribution in [0.3, 0.4) is 0 Å². The molecule has 4 nitrogen and oxygen atoms in total. The van der Waals surface area contributed by atoms with Crippen molar-refractivity contribution in [2.24, 2.45) is 0 Å². The summed E-state index contributed by atoms with van der Waals surface area (Å²) in [6.07, 6.45) is 0. The molecule has 5 heteroatoms. The minimum Gasteiger partial charge on any atom is -0.358 e. The summed E-state index contributed by atoms with van der Waals surface area (Å²) in [4.78, 5) is 10.3. The van der Waals surface area contributed by atoms with E-state index in [1.807, 2.05) is 24.3 Å². The van der Waals surface area contributed by atoms with Crippen molar-refractivity contribution in [3.8, 4) is 34.2 Å². The Hall–Kier alpha value is -4.44. The first-order chi connectivity index (χ1) is 17.9. The van der Waals surface area contributed by atoms with Crippen molar-refractivity contribution in [3.05, 3.63) is 141 Å². The van der Waals surface area contributed by atoms with Crippen LogP contribution in [-0.4, -0.2) is 19.1 Å². The summed E-state index contributed by atoms with van der Waals surface area (Å²) in [7, 11) is 0. The summed E-state index contributed by atoms with van der Waals surface area (Å²) in [5, 5.41) is 0. The van der Waals surface area contributed by atoms with Crippen molar-refractivity contribution in [1.82, 2.24) is 19.1 Å². The molecular weight excluding hydrogens is 516 g/mol. The molecule has 0 atom stereocenters. The van der Waals surface area contributed by atoms with Gasteiger partial charge in [0.15, 0.2) is 0 Å². The maximum Gasteiger partial charge on any atom is 1.00 e. The molecule has 0 saturated heterocycles. The van der Waals surface area contributed by atoms with Crippen molar-refractivity contribution in [3.63, 3.8) is 0 Å². The quantitative estimate of drug-likeness (QED) is 0.167. The predicted octanol–water partition coefficient (Wildman–Crippen LogP) is 8.15. The van der Waals surface area contributed by atoms with Gasteiger partial charge in [0, 0.05) is 22.5 Å². The second-order valence-corrected chi connectivity index (χ2v) is 8.74. The zero-order chi connectivity index (χ0) is 23.9. The van der Waals surface area contributed by atoms with E-state index in [2.05, 4.69) is 118 Å². The Kier molecular flexibility index (Phi) is 6.97. The van der Waals surface area contributed by atoms with E-state index in [4.69, 9.17) is 9.97 Å². The average molecular weight is 541 g/mol. The number of fused-ring (bicyclic) bond motifs is 2. The van der Waals surface area contributed by atoms with Gasteiger partial charge in [-0.2, -0.15) is 0 Å². The number of hydrogen-bond acceptors (Lipinski definition) is 2. The van der Waals surface area contributed by atoms with Crippen molar-refractivity contribution in [2.45, 2.75) is 0 Å². The van der Waals surface area contributed by atoms with Crippen LogP contribution in [0.4, 0.5) is 0 Å². The molecule has 38 heavy (non-hydrogen) atoms. The van der Waals surface area contributed by atoms with Crippen LogP contribution < -0.4 is 0 Å². The summed E-state index contributed by atoms with van der Waals surface area (Å²) >= 11 is 0. The van der Waals surface area contributed by atoms with Crippen molar-refractivity contribution >= 4 is 22.1 Å². The van der Waals surface area contributed by atoms with Crippen LogP contribution in [0.25, 0.3) is 56.2 Å². The molecule has 0 fully saturated rings. The monoisotopic (exact) mass is 540 g/mol. The average Bonchev–Trinajstić information content (AvgIpc) is 3.53. The zero-order valence-electron chi connectivity index (χ0n) is 20.8. The normalized spacial score (nSPS) is 10.7. The molecule has 0 spiro atoms. The van der Waals surface area contributed by atoms with E-state index < -0.39 is 0 Å². The fourth-order valence-corrected chi connectivity index (χ4v) is 4.96. The first kappa shape index (κ1) is 25.2. The van der Waals surface area contributed by atoms with Gasteiger partial charge in [-0.15, -0.1) is 0 Å². The van der Waals surface area contributed by atoms with Gasteiger partial charge in [0.25, 0.3) is 0 Å². The second kappa shape index (κ2) is 10.5. The second-order valence-electron chi connectivity index (χ2n) is 8.74. The van der Waals surface area contributed by atoms with Gasteiger partial charge >= 0.3 is 17.1 Å². The maximum atomic E-state index is 5.13. The fourth-order valence-electron chi connectivity index (χ4n) is 4.96. The Morgan fingerprint density at radius 3 is 1.16 bits per heavy atom. The van der Waals surface area contributed by atoms with Crippen molar-refractivity contribution in [2.75, 3.05) is 0 Å². The SMILES string of the molecule is [CH3-].[Cu+].c1ccc(-n2c(-c3ccccc3-c3nc4ccccc4n3-c3ccccc3)nc3ccccc32)cc1. The molecule has 2 aromatic heterocycles. The van der Waals surface area contributed by atoms with E-state index in [1.54, 1.807) is 0 Å². The molecule has 2 heterocycles. The molecule has 5 aromatic carbocycles. The largest absolute Gasteiger partial charge is 1.00 e. The van der Waals surface area contributed by atoms with Crippen LogP contribution in [0.5, 0.6) is 0 Å². The Morgan fingerprint density at radius 1 is 0.395 bits per heavy atom. The molecule has 188 valence electrons. The number of aromatic nitrogens is 4. The smallest absolute Gasteiger partial charge is 0.358 e. The number of rotatable bonds is 4. The number of benzene rings is 5. The van der Waals surface area contributed by atoms with Gasteiger partial charge in [-0.05, 0) is 48.5 Å². The van der Waals surface area contributed by atoms with Crippen LogP contribution >= 0.6 is 0 Å². The Morgan fingerprint density at radius 2 is 0.737 bits per heavy atom. The van der Waals surface area contributed by atoms with E-state index >= 15 is 0 Å². The Balaban J connectivity index is 0.00000147. The number of nitrogens with zero attached hydrogens (tertiary/aromatic N) is 4. The Labute approximate surface area is 232 Å². The van der Waals surface area contributed by atoms with Crippen LogP contribution in [-0.2, 0) is 17.1 Å². The van der Waals surface area contributed by atoms with Crippen LogP contribution in [0.2, 0.25) is 0 Å². The van der Waals surface area contributed by atoms with E-state index in [9.17, 15) is 0 Å². The minimum absolute atomic E-state index is 0. The van der Waals surface area contributed by atoms with E-state index in [0.29, 0.717) is 0 Å². The minimum atomic E-state index is 0. The first-order valence-corrected chi connectivity index (χ1v) is 12.0. The van der Waals surface area contributed by atoms with E-state index in [1.165, 1.54) is 0 Å². The van der Waals surface area contributed by atoms with E-state index in [-0.39, 0.29) is 24.5 Å². The number of imidazole rings is 2. The molecule has 0 amide bonds. The summed E-state index contributed by atoms with van der Waals surface area (Å²) in [6.45, 7) is 0. The Bertz CT molecular complexity index is 1700. The molecule has 7 rings (SSSR count). The van der Waals surface area contributed by atoms with Crippen LogP contribution in [0.15, 0.2) is 133 Å². The molecular formula is C33H25CuN4. The molecule has 0 aliphatic heterocycles. The van der Waals surface area contributed by atoms with Gasteiger partial charge < -0.3 is 7.43 Å². The molecule has 0 bridgehead atoms. The number of para-hydroxylation sites is 6. The third-order valence-corrected chi connectivity index (χ3v) is 6.56. The number of hydrogen-bond donors (Lipinski definition) is 0. The van der Waals surface area contributed by atoms with Crippen molar-refractivity contribution < 1.29 is 17.1 Å². The molecule has 0 aliphatic carbocycles. The maximum absolute atomic E-state index is 5.13. The zero-order valence-corrected chi connectivity index (χ0v) is 21.7. The molecule has 7 aromatic rings. The first-order valence-electron chi connectivity index (χ1n) is 12.0. The summed E-state index contributed by atoms with van der Waals surface area (Å²) in [6, 6.07) is 45.9. The topological polar surface area (TPSA) is 35.6 Å². The third-order valence-electron chi connectivity index (χ3n) is 6.56. The van der Waals surface area contributed by atoms with Gasteiger partial charge in [0.2, 0.25) is 0 Å². The van der Waals surface area contributed by atoms with Gasteiger partial charge in [-0.3, -0.25) is 9.13 Å². The molecule has 0 saturated carbocycles. The van der Waals surface area contributed by atoms with Gasteiger partial charge in [-0.1, -0.05) is 84.9 Å². The summed E-state index contributed by atoms with van der Waals surface area (Å²) < 4.78 is 4.48. The molecule has 0 unspecified atom stereocenters. The molecule has 0 N–H and O–H groups in total.